The van der Waals surface area contributed by atoms with Crippen LogP contribution in [0, 0.1) is 5.92 Å². The van der Waals surface area contributed by atoms with E-state index in [0.29, 0.717) is 30.3 Å². The molecule has 2 amide bonds. The fourth-order valence-electron chi connectivity index (χ4n) is 5.16. The molecule has 0 spiro atoms. The van der Waals surface area contributed by atoms with E-state index in [4.69, 9.17) is 15.2 Å². The number of nitrogens with one attached hydrogen (secondary N) is 1. The molecule has 2 heterocycles. The number of amides is 2. The minimum Gasteiger partial charge on any atom is -0.497 e. The Morgan fingerprint density at radius 1 is 1.05 bits per heavy atom. The number of hydrogen-bond donors (Lipinski definition) is 2. The van der Waals surface area contributed by atoms with Crippen molar-refractivity contribution in [2.75, 3.05) is 33.3 Å². The zero-order chi connectivity index (χ0) is 25.9. The lowest BCUT2D eigenvalue weighted by Crippen LogP contribution is -2.43. The molecule has 2 aliphatic rings. The molecule has 1 aliphatic carbocycles. The van der Waals surface area contributed by atoms with Gasteiger partial charge in [0.25, 0.3) is 0 Å². The maximum atomic E-state index is 13.1. The van der Waals surface area contributed by atoms with Gasteiger partial charge in [-0.05, 0) is 74.5 Å². The molecule has 2 fully saturated rings. The fourth-order valence-corrected chi connectivity index (χ4v) is 5.16. The number of nitrogens with two attached hydrogens (primary N) is 1. The Balaban J connectivity index is 1.18. The summed E-state index contributed by atoms with van der Waals surface area (Å²) in [6, 6.07) is 14.7. The van der Waals surface area contributed by atoms with E-state index in [1.54, 1.807) is 11.7 Å². The summed E-state index contributed by atoms with van der Waals surface area (Å²) in [5.74, 6) is 0.976. The van der Waals surface area contributed by atoms with E-state index in [-0.39, 0.29) is 17.8 Å². The Bertz CT molecular complexity index is 1340. The number of imidazole rings is 1. The minimum absolute atomic E-state index is 0.190. The maximum absolute atomic E-state index is 13.1. The number of likely N-dealkylation sites (tertiary alicyclic amines) is 1. The van der Waals surface area contributed by atoms with Crippen molar-refractivity contribution in [3.8, 4) is 5.75 Å². The molecule has 2 aromatic carbocycles. The molecule has 1 saturated carbocycles. The van der Waals surface area contributed by atoms with Gasteiger partial charge in [0.05, 0.1) is 18.1 Å². The number of ether oxygens (including phenoxy) is 2. The number of methoxy groups -OCH3 is 1. The second-order valence-corrected chi connectivity index (χ2v) is 9.84. The third-order valence-electron chi connectivity index (χ3n) is 7.29. The van der Waals surface area contributed by atoms with E-state index in [9.17, 15) is 14.4 Å². The van der Waals surface area contributed by atoms with Gasteiger partial charge in [0.1, 0.15) is 11.9 Å². The van der Waals surface area contributed by atoms with E-state index >= 15 is 0 Å². The van der Waals surface area contributed by atoms with Crippen LogP contribution in [0.15, 0.2) is 53.3 Å². The molecule has 1 aromatic heterocycles. The van der Waals surface area contributed by atoms with Crippen LogP contribution in [0.3, 0.4) is 0 Å². The lowest BCUT2D eigenvalue weighted by molar-refractivity contribution is 0.0636. The van der Waals surface area contributed by atoms with Crippen molar-refractivity contribution in [3.05, 3.63) is 64.6 Å². The predicted molar refractivity (Wildman–Crippen MR) is 139 cm³/mol. The van der Waals surface area contributed by atoms with Gasteiger partial charge in [-0.3, -0.25) is 9.47 Å². The highest BCUT2D eigenvalue weighted by Crippen LogP contribution is 2.36. The van der Waals surface area contributed by atoms with Gasteiger partial charge in [0.15, 0.2) is 0 Å². The smallest absolute Gasteiger partial charge is 0.405 e. The van der Waals surface area contributed by atoms with Crippen LogP contribution < -0.4 is 21.5 Å². The van der Waals surface area contributed by atoms with Crippen LogP contribution in [0.5, 0.6) is 5.75 Å². The van der Waals surface area contributed by atoms with Crippen LogP contribution in [0.1, 0.15) is 43.4 Å². The van der Waals surface area contributed by atoms with Crippen LogP contribution in [-0.2, 0) is 4.74 Å². The average Bonchev–Trinajstić information content (AvgIpc) is 3.69. The molecule has 1 saturated heterocycles. The molecule has 37 heavy (non-hydrogen) atoms. The first-order chi connectivity index (χ1) is 17.9. The van der Waals surface area contributed by atoms with Gasteiger partial charge in [0, 0.05) is 19.1 Å². The second kappa shape index (κ2) is 10.7. The highest BCUT2D eigenvalue weighted by Gasteiger charge is 2.30. The number of fused-ring (bicyclic) bond motifs is 1. The second-order valence-electron chi connectivity index (χ2n) is 9.84. The zero-order valence-electron chi connectivity index (χ0n) is 21.0. The van der Waals surface area contributed by atoms with Crippen molar-refractivity contribution in [2.24, 2.45) is 11.7 Å². The first kappa shape index (κ1) is 24.9. The number of benzene rings is 2. The van der Waals surface area contributed by atoms with Crippen LogP contribution in [0.2, 0.25) is 0 Å². The molecule has 0 radical (unpaired) electrons. The normalized spacial score (nSPS) is 17.4. The van der Waals surface area contributed by atoms with Crippen LogP contribution in [-0.4, -0.2) is 59.4 Å². The van der Waals surface area contributed by atoms with Crippen molar-refractivity contribution >= 4 is 23.2 Å². The number of aromatic nitrogens is 2. The molecular weight excluding hydrogens is 474 g/mol. The Labute approximate surface area is 214 Å². The molecule has 10 heteroatoms. The number of hydrogen-bond acceptors (Lipinski definition) is 6. The standard InChI is InChI=1S/C27H33N5O5/c1-36-21-6-4-5-19(15-21)24(37-25(28)33)17-30-13-11-18(12-14-30)16-29-26(34)32-23-8-3-2-7-22(23)31(27(32)35)20-9-10-20/h2-8,15,18,20,24H,9-14,16-17H2,1H3,(H2,28,33)(H,29,34). The molecule has 3 N–H and O–H groups in total. The van der Waals surface area contributed by atoms with E-state index in [1.807, 2.05) is 48.5 Å². The summed E-state index contributed by atoms with van der Waals surface area (Å²) in [6.07, 6.45) is 2.37. The number of nitrogens with zero attached hydrogens (tertiary/aromatic N) is 3. The average molecular weight is 508 g/mol. The monoisotopic (exact) mass is 507 g/mol. The number of rotatable bonds is 8. The number of carbonyl (C=O) groups excluding carboxylic acids is 2. The van der Waals surface area contributed by atoms with Crippen molar-refractivity contribution in [1.29, 1.82) is 0 Å². The van der Waals surface area contributed by atoms with Gasteiger partial charge in [-0.1, -0.05) is 24.3 Å². The van der Waals surface area contributed by atoms with Crippen molar-refractivity contribution in [3.63, 3.8) is 0 Å². The van der Waals surface area contributed by atoms with E-state index in [2.05, 4.69) is 10.2 Å². The first-order valence-electron chi connectivity index (χ1n) is 12.8. The lowest BCUT2D eigenvalue weighted by Gasteiger charge is -2.34. The zero-order valence-corrected chi connectivity index (χ0v) is 21.0. The van der Waals surface area contributed by atoms with Gasteiger partial charge < -0.3 is 20.5 Å². The Hall–Kier alpha value is -3.79. The van der Waals surface area contributed by atoms with Crippen LogP contribution in [0.4, 0.5) is 9.59 Å². The topological polar surface area (TPSA) is 121 Å². The largest absolute Gasteiger partial charge is 0.497 e. The van der Waals surface area contributed by atoms with E-state index < -0.39 is 12.2 Å². The lowest BCUT2D eigenvalue weighted by atomic mass is 9.96. The molecule has 1 aliphatic heterocycles. The Morgan fingerprint density at radius 2 is 1.78 bits per heavy atom. The van der Waals surface area contributed by atoms with Gasteiger partial charge in [-0.15, -0.1) is 0 Å². The van der Waals surface area contributed by atoms with Crippen molar-refractivity contribution < 1.29 is 19.1 Å². The fraction of sp³-hybridized carbons (Fsp3) is 0.444. The van der Waals surface area contributed by atoms with Gasteiger partial charge in [0.2, 0.25) is 0 Å². The number of primary amides is 1. The van der Waals surface area contributed by atoms with Crippen LogP contribution in [0.25, 0.3) is 11.0 Å². The summed E-state index contributed by atoms with van der Waals surface area (Å²) < 4.78 is 13.7. The van der Waals surface area contributed by atoms with Crippen molar-refractivity contribution in [2.45, 2.75) is 37.8 Å². The van der Waals surface area contributed by atoms with E-state index in [1.165, 1.54) is 4.57 Å². The molecular formula is C27H33N5O5. The molecule has 5 rings (SSSR count). The third-order valence-corrected chi connectivity index (χ3v) is 7.29. The van der Waals surface area contributed by atoms with E-state index in [0.717, 1.165) is 49.9 Å². The van der Waals surface area contributed by atoms with Crippen molar-refractivity contribution in [1.82, 2.24) is 19.4 Å². The summed E-state index contributed by atoms with van der Waals surface area (Å²) in [6.45, 7) is 2.61. The summed E-state index contributed by atoms with van der Waals surface area (Å²) in [7, 11) is 1.59. The Kier molecular flexibility index (Phi) is 7.18. The molecule has 196 valence electrons. The SMILES string of the molecule is COc1cccc(C(CN2CCC(CNC(=O)n3c(=O)n(C4CC4)c4ccccc43)CC2)OC(N)=O)c1. The number of para-hydroxylation sites is 2. The van der Waals surface area contributed by atoms with Gasteiger partial charge in [-0.2, -0.15) is 0 Å². The maximum Gasteiger partial charge on any atom is 0.405 e. The highest BCUT2D eigenvalue weighted by molar-refractivity contribution is 5.89. The van der Waals surface area contributed by atoms with Crippen LogP contribution >= 0.6 is 0 Å². The summed E-state index contributed by atoms with van der Waals surface area (Å²) in [5.41, 5.74) is 7.34. The summed E-state index contributed by atoms with van der Waals surface area (Å²) in [4.78, 5) is 39.9. The van der Waals surface area contributed by atoms with Gasteiger partial charge in [-0.25, -0.2) is 19.0 Å². The first-order valence-corrected chi connectivity index (χ1v) is 12.8. The molecule has 1 atom stereocenters. The highest BCUT2D eigenvalue weighted by atomic mass is 16.6. The third kappa shape index (κ3) is 5.48. The molecule has 0 bridgehead atoms. The molecule has 1 unspecified atom stereocenters. The van der Waals surface area contributed by atoms with Gasteiger partial charge >= 0.3 is 17.8 Å². The predicted octanol–water partition coefficient (Wildman–Crippen LogP) is 3.25. The molecule has 3 aromatic rings. The number of piperidine rings is 1. The molecule has 10 nitrogen and oxygen atoms in total. The summed E-state index contributed by atoms with van der Waals surface area (Å²) >= 11 is 0. The number of carbonyl (C=O) groups is 2. The Morgan fingerprint density at radius 3 is 2.46 bits per heavy atom. The quantitative estimate of drug-likeness (QED) is 0.483. The minimum atomic E-state index is -0.816. The summed E-state index contributed by atoms with van der Waals surface area (Å²) in [5, 5.41) is 2.99.